The SMILES string of the molecule is CNC1CCC(N(C)C(C)c2cc(F)cc(F)c2)CC1. The van der Waals surface area contributed by atoms with Gasteiger partial charge >= 0.3 is 0 Å². The van der Waals surface area contributed by atoms with E-state index in [0.717, 1.165) is 31.7 Å². The lowest BCUT2D eigenvalue weighted by atomic mass is 9.89. The molecule has 0 bridgehead atoms. The zero-order valence-corrected chi connectivity index (χ0v) is 12.5. The van der Waals surface area contributed by atoms with Crippen LogP contribution in [-0.4, -0.2) is 31.1 Å². The first-order chi connectivity index (χ1) is 9.51. The van der Waals surface area contributed by atoms with Gasteiger partial charge in [-0.05, 0) is 64.4 Å². The van der Waals surface area contributed by atoms with E-state index in [1.54, 1.807) is 0 Å². The summed E-state index contributed by atoms with van der Waals surface area (Å²) < 4.78 is 26.6. The minimum atomic E-state index is -0.501. The van der Waals surface area contributed by atoms with E-state index < -0.39 is 11.6 Å². The molecular weight excluding hydrogens is 258 g/mol. The van der Waals surface area contributed by atoms with E-state index in [1.165, 1.54) is 12.1 Å². The molecule has 0 radical (unpaired) electrons. The van der Waals surface area contributed by atoms with E-state index in [9.17, 15) is 8.78 Å². The molecule has 1 aliphatic rings. The third-order valence-electron chi connectivity index (χ3n) is 4.66. The van der Waals surface area contributed by atoms with Crippen LogP contribution in [0.5, 0.6) is 0 Å². The van der Waals surface area contributed by atoms with Gasteiger partial charge in [0.15, 0.2) is 0 Å². The van der Waals surface area contributed by atoms with E-state index in [2.05, 4.69) is 17.3 Å². The largest absolute Gasteiger partial charge is 0.317 e. The highest BCUT2D eigenvalue weighted by Crippen LogP contribution is 2.29. The first-order valence-corrected chi connectivity index (χ1v) is 7.36. The Balaban J connectivity index is 2.03. The van der Waals surface area contributed by atoms with Crippen molar-refractivity contribution in [3.8, 4) is 0 Å². The van der Waals surface area contributed by atoms with Gasteiger partial charge < -0.3 is 5.32 Å². The summed E-state index contributed by atoms with van der Waals surface area (Å²) >= 11 is 0. The fraction of sp³-hybridized carbons (Fsp3) is 0.625. The molecule has 1 aliphatic carbocycles. The molecule has 1 aromatic carbocycles. The van der Waals surface area contributed by atoms with Gasteiger partial charge in [0.25, 0.3) is 0 Å². The lowest BCUT2D eigenvalue weighted by molar-refractivity contribution is 0.136. The fourth-order valence-electron chi connectivity index (χ4n) is 3.14. The molecule has 1 N–H and O–H groups in total. The predicted molar refractivity (Wildman–Crippen MR) is 77.6 cm³/mol. The average Bonchev–Trinajstić information content (AvgIpc) is 2.45. The van der Waals surface area contributed by atoms with Gasteiger partial charge in [-0.3, -0.25) is 4.90 Å². The van der Waals surface area contributed by atoms with Crippen LogP contribution in [0.2, 0.25) is 0 Å². The Bertz CT molecular complexity index is 422. The van der Waals surface area contributed by atoms with Crippen LogP contribution in [0.4, 0.5) is 8.78 Å². The molecule has 1 saturated carbocycles. The molecule has 1 unspecified atom stereocenters. The zero-order chi connectivity index (χ0) is 14.7. The maximum atomic E-state index is 13.3. The molecular formula is C16H24F2N2. The summed E-state index contributed by atoms with van der Waals surface area (Å²) in [5.41, 5.74) is 0.709. The predicted octanol–water partition coefficient (Wildman–Crippen LogP) is 3.49. The number of nitrogens with one attached hydrogen (secondary N) is 1. The topological polar surface area (TPSA) is 15.3 Å². The normalized spacial score (nSPS) is 24.9. The van der Waals surface area contributed by atoms with Crippen molar-refractivity contribution < 1.29 is 8.78 Å². The van der Waals surface area contributed by atoms with Gasteiger partial charge in [-0.25, -0.2) is 8.78 Å². The number of benzene rings is 1. The summed E-state index contributed by atoms with van der Waals surface area (Å²) in [6, 6.07) is 4.92. The van der Waals surface area contributed by atoms with Crippen molar-refractivity contribution in [2.45, 2.75) is 50.7 Å². The molecule has 0 amide bonds. The van der Waals surface area contributed by atoms with Gasteiger partial charge in [0.05, 0.1) is 0 Å². The summed E-state index contributed by atoms with van der Waals surface area (Å²) in [7, 11) is 4.06. The molecule has 2 nitrogen and oxygen atoms in total. The zero-order valence-electron chi connectivity index (χ0n) is 12.5. The van der Waals surface area contributed by atoms with E-state index in [0.29, 0.717) is 17.6 Å². The van der Waals surface area contributed by atoms with Gasteiger partial charge in [0, 0.05) is 24.2 Å². The number of nitrogens with zero attached hydrogens (tertiary/aromatic N) is 1. The molecule has 0 aliphatic heterocycles. The molecule has 0 saturated heterocycles. The van der Waals surface area contributed by atoms with Gasteiger partial charge in [0.2, 0.25) is 0 Å². The smallest absolute Gasteiger partial charge is 0.126 e. The molecule has 2 rings (SSSR count). The Labute approximate surface area is 120 Å². The molecule has 0 aromatic heterocycles. The van der Waals surface area contributed by atoms with Crippen molar-refractivity contribution in [2.24, 2.45) is 0 Å². The second kappa shape index (κ2) is 6.64. The average molecular weight is 282 g/mol. The van der Waals surface area contributed by atoms with Gasteiger partial charge in [0.1, 0.15) is 11.6 Å². The van der Waals surface area contributed by atoms with Crippen LogP contribution in [0.25, 0.3) is 0 Å². The summed E-state index contributed by atoms with van der Waals surface area (Å²) in [4.78, 5) is 2.25. The third-order valence-corrected chi connectivity index (χ3v) is 4.66. The second-order valence-electron chi connectivity index (χ2n) is 5.84. The van der Waals surface area contributed by atoms with Crippen molar-refractivity contribution >= 4 is 0 Å². The van der Waals surface area contributed by atoms with Gasteiger partial charge in [-0.1, -0.05) is 0 Å². The van der Waals surface area contributed by atoms with Crippen LogP contribution in [0, 0.1) is 11.6 Å². The maximum absolute atomic E-state index is 13.3. The highest BCUT2D eigenvalue weighted by Gasteiger charge is 2.26. The Morgan fingerprint density at radius 2 is 1.65 bits per heavy atom. The Kier molecular flexibility index (Phi) is 5.11. The minimum absolute atomic E-state index is 0.0244. The quantitative estimate of drug-likeness (QED) is 0.909. The van der Waals surface area contributed by atoms with Gasteiger partial charge in [-0.15, -0.1) is 0 Å². The molecule has 0 spiro atoms. The number of halogens is 2. The Morgan fingerprint density at radius 1 is 1.10 bits per heavy atom. The number of hydrogen-bond acceptors (Lipinski definition) is 2. The Morgan fingerprint density at radius 3 is 2.15 bits per heavy atom. The highest BCUT2D eigenvalue weighted by molar-refractivity contribution is 5.21. The van der Waals surface area contributed by atoms with Crippen molar-refractivity contribution in [1.29, 1.82) is 0 Å². The van der Waals surface area contributed by atoms with Gasteiger partial charge in [-0.2, -0.15) is 0 Å². The van der Waals surface area contributed by atoms with Crippen LogP contribution in [0.1, 0.15) is 44.2 Å². The highest BCUT2D eigenvalue weighted by atomic mass is 19.1. The monoisotopic (exact) mass is 282 g/mol. The Hall–Kier alpha value is -1.00. The first-order valence-electron chi connectivity index (χ1n) is 7.36. The minimum Gasteiger partial charge on any atom is -0.317 e. The molecule has 1 fully saturated rings. The van der Waals surface area contributed by atoms with E-state index >= 15 is 0 Å². The van der Waals surface area contributed by atoms with Crippen LogP contribution in [0.3, 0.4) is 0 Å². The lowest BCUT2D eigenvalue weighted by Gasteiger charge is -2.38. The lowest BCUT2D eigenvalue weighted by Crippen LogP contribution is -2.40. The standard InChI is InChI=1S/C16H24F2N2/c1-11(12-8-13(17)10-14(18)9-12)20(3)16-6-4-15(19-2)5-7-16/h8-11,15-16,19H,4-7H2,1-3H3. The number of rotatable bonds is 4. The molecule has 112 valence electrons. The van der Waals surface area contributed by atoms with E-state index in [1.807, 2.05) is 14.0 Å². The van der Waals surface area contributed by atoms with Crippen molar-refractivity contribution in [1.82, 2.24) is 10.2 Å². The summed E-state index contributed by atoms with van der Waals surface area (Å²) in [5.74, 6) is -1.00. The number of hydrogen-bond donors (Lipinski definition) is 1. The molecule has 1 aromatic rings. The third kappa shape index (κ3) is 3.55. The summed E-state index contributed by atoms with van der Waals surface area (Å²) in [6.45, 7) is 2.01. The maximum Gasteiger partial charge on any atom is 0.126 e. The van der Waals surface area contributed by atoms with Crippen LogP contribution in [0.15, 0.2) is 18.2 Å². The summed E-state index contributed by atoms with van der Waals surface area (Å²) in [6.07, 6.45) is 4.58. The van der Waals surface area contributed by atoms with Crippen LogP contribution < -0.4 is 5.32 Å². The second-order valence-corrected chi connectivity index (χ2v) is 5.84. The van der Waals surface area contributed by atoms with Crippen molar-refractivity contribution in [2.75, 3.05) is 14.1 Å². The van der Waals surface area contributed by atoms with Crippen LogP contribution in [-0.2, 0) is 0 Å². The van der Waals surface area contributed by atoms with Crippen molar-refractivity contribution in [3.63, 3.8) is 0 Å². The van der Waals surface area contributed by atoms with Crippen molar-refractivity contribution in [3.05, 3.63) is 35.4 Å². The van der Waals surface area contributed by atoms with E-state index in [4.69, 9.17) is 0 Å². The van der Waals surface area contributed by atoms with E-state index in [-0.39, 0.29) is 6.04 Å². The summed E-state index contributed by atoms with van der Waals surface area (Å²) in [5, 5.41) is 3.32. The first kappa shape index (κ1) is 15.4. The molecule has 20 heavy (non-hydrogen) atoms. The molecule has 4 heteroatoms. The molecule has 0 heterocycles. The molecule has 1 atom stereocenters. The van der Waals surface area contributed by atoms with Crippen LogP contribution >= 0.6 is 0 Å². The fourth-order valence-corrected chi connectivity index (χ4v) is 3.14.